The van der Waals surface area contributed by atoms with Crippen molar-refractivity contribution in [3.63, 3.8) is 0 Å². The molecule has 0 unspecified atom stereocenters. The summed E-state index contributed by atoms with van der Waals surface area (Å²) in [6, 6.07) is 9.16. The minimum absolute atomic E-state index is 0.154. The molecule has 2 rings (SSSR count). The lowest BCUT2D eigenvalue weighted by molar-refractivity contribution is -0.763. The van der Waals surface area contributed by atoms with Crippen molar-refractivity contribution >= 4 is 16.1 Å². The highest BCUT2D eigenvalue weighted by molar-refractivity contribution is 7.86. The van der Waals surface area contributed by atoms with E-state index < -0.39 is 31.8 Å². The molecule has 0 spiro atoms. The van der Waals surface area contributed by atoms with E-state index in [0.29, 0.717) is 11.1 Å². The summed E-state index contributed by atoms with van der Waals surface area (Å²) >= 11 is 0. The Balaban J connectivity index is 2.02. The molecule has 10 nitrogen and oxygen atoms in total. The van der Waals surface area contributed by atoms with Gasteiger partial charge in [0.05, 0.1) is 6.42 Å². The first-order valence-electron chi connectivity index (χ1n) is 7.01. The second-order valence-electron chi connectivity index (χ2n) is 5.07. The van der Waals surface area contributed by atoms with Crippen LogP contribution in [0.3, 0.4) is 0 Å². The molecular weight excluding hydrogens is 370 g/mol. The van der Waals surface area contributed by atoms with Crippen molar-refractivity contribution in [2.75, 3.05) is 0 Å². The number of ether oxygens (including phenoxy) is 1. The molecule has 2 aromatic rings. The third-order valence-corrected chi connectivity index (χ3v) is 4.03. The van der Waals surface area contributed by atoms with Gasteiger partial charge >= 0.3 is 5.97 Å². The standard InChI is InChI=1S/C15H13NO9S/c17-13-6-5-12(8-14(13)26(21,22)23)25-15(18)7-10-1-3-11(4-2-10)9-24-16(19)20/h1-6,8,17H,7,9H2,(H,21,22,23). The van der Waals surface area contributed by atoms with Crippen molar-refractivity contribution in [1.29, 1.82) is 0 Å². The molecule has 0 heterocycles. The van der Waals surface area contributed by atoms with Gasteiger partial charge in [-0.05, 0) is 23.3 Å². The average molecular weight is 383 g/mol. The fourth-order valence-corrected chi connectivity index (χ4v) is 2.58. The third kappa shape index (κ3) is 5.43. The number of nitrogens with zero attached hydrogens (tertiary/aromatic N) is 1. The predicted octanol–water partition coefficient (Wildman–Crippen LogP) is 1.50. The van der Waals surface area contributed by atoms with Crippen LogP contribution in [0.15, 0.2) is 47.4 Å². The Kier molecular flexibility index (Phi) is 5.75. The number of phenols is 1. The first-order chi connectivity index (χ1) is 12.1. The molecule has 0 aliphatic heterocycles. The lowest BCUT2D eigenvalue weighted by Gasteiger charge is -2.07. The zero-order valence-electron chi connectivity index (χ0n) is 13.1. The van der Waals surface area contributed by atoms with E-state index in [1.165, 1.54) is 6.07 Å². The molecule has 138 valence electrons. The van der Waals surface area contributed by atoms with Gasteiger partial charge in [0.2, 0.25) is 0 Å². The van der Waals surface area contributed by atoms with Crippen LogP contribution in [0.25, 0.3) is 0 Å². The minimum Gasteiger partial charge on any atom is -0.506 e. The molecule has 0 saturated carbocycles. The van der Waals surface area contributed by atoms with Crippen molar-refractivity contribution in [2.24, 2.45) is 0 Å². The van der Waals surface area contributed by atoms with Gasteiger partial charge in [-0.15, -0.1) is 10.1 Å². The summed E-state index contributed by atoms with van der Waals surface area (Å²) in [5.41, 5.74) is 1.09. The van der Waals surface area contributed by atoms with Gasteiger partial charge in [0.1, 0.15) is 23.0 Å². The van der Waals surface area contributed by atoms with Gasteiger partial charge in [-0.3, -0.25) is 9.35 Å². The van der Waals surface area contributed by atoms with Crippen molar-refractivity contribution < 1.29 is 37.5 Å². The molecule has 0 fully saturated rings. The zero-order chi connectivity index (χ0) is 19.3. The molecule has 0 amide bonds. The number of benzene rings is 2. The van der Waals surface area contributed by atoms with E-state index in [9.17, 15) is 28.4 Å². The summed E-state index contributed by atoms with van der Waals surface area (Å²) in [4.78, 5) is 25.5. The quantitative estimate of drug-likeness (QED) is 0.238. The van der Waals surface area contributed by atoms with Gasteiger partial charge in [-0.2, -0.15) is 8.42 Å². The fraction of sp³-hybridized carbons (Fsp3) is 0.133. The normalized spacial score (nSPS) is 11.0. The fourth-order valence-electron chi connectivity index (χ4n) is 1.98. The predicted molar refractivity (Wildman–Crippen MR) is 85.5 cm³/mol. The summed E-state index contributed by atoms with van der Waals surface area (Å²) in [6.07, 6.45) is -0.154. The Hall–Kier alpha value is -3.18. The highest BCUT2D eigenvalue weighted by Crippen LogP contribution is 2.27. The number of carbonyl (C=O) groups is 1. The zero-order valence-corrected chi connectivity index (χ0v) is 13.9. The molecule has 0 aromatic heterocycles. The molecule has 0 aliphatic rings. The number of phenolic OH excluding ortho intramolecular Hbond substituents is 1. The van der Waals surface area contributed by atoms with Gasteiger partial charge in [-0.25, -0.2) is 0 Å². The summed E-state index contributed by atoms with van der Waals surface area (Å²) in [5, 5.41) is 18.6. The molecule has 26 heavy (non-hydrogen) atoms. The van der Waals surface area contributed by atoms with Gasteiger partial charge in [0, 0.05) is 6.07 Å². The van der Waals surface area contributed by atoms with E-state index >= 15 is 0 Å². The van der Waals surface area contributed by atoms with Gasteiger partial charge < -0.3 is 14.7 Å². The van der Waals surface area contributed by atoms with Crippen LogP contribution in [-0.4, -0.2) is 29.1 Å². The van der Waals surface area contributed by atoms with Crippen LogP contribution >= 0.6 is 0 Å². The van der Waals surface area contributed by atoms with Crippen molar-refractivity contribution in [2.45, 2.75) is 17.9 Å². The number of hydrogen-bond acceptors (Lipinski definition) is 8. The SMILES string of the molecule is O=C(Cc1ccc(CO[N+](=O)[O-])cc1)Oc1ccc(O)c(S(=O)(=O)O)c1. The van der Waals surface area contributed by atoms with Crippen LogP contribution in [0.5, 0.6) is 11.5 Å². The number of hydrogen-bond donors (Lipinski definition) is 2. The molecule has 0 saturated heterocycles. The maximum Gasteiger partial charge on any atom is 0.315 e. The van der Waals surface area contributed by atoms with Crippen LogP contribution in [0.4, 0.5) is 0 Å². The summed E-state index contributed by atoms with van der Waals surface area (Å²) in [5.74, 6) is -1.57. The van der Waals surface area contributed by atoms with E-state index in [1.807, 2.05) is 0 Å². The molecular formula is C15H13NO9S. The number of esters is 1. The van der Waals surface area contributed by atoms with Crippen LogP contribution in [0, 0.1) is 10.1 Å². The highest BCUT2D eigenvalue weighted by atomic mass is 32.2. The Morgan fingerprint density at radius 3 is 2.31 bits per heavy atom. The van der Waals surface area contributed by atoms with E-state index in [1.54, 1.807) is 24.3 Å². The lowest BCUT2D eigenvalue weighted by Crippen LogP contribution is -2.12. The summed E-state index contributed by atoms with van der Waals surface area (Å²) in [6.45, 7) is -0.219. The molecule has 11 heteroatoms. The van der Waals surface area contributed by atoms with E-state index in [-0.39, 0.29) is 18.8 Å². The maximum atomic E-state index is 11.9. The van der Waals surface area contributed by atoms with Crippen molar-refractivity contribution in [1.82, 2.24) is 0 Å². The molecule has 0 aliphatic carbocycles. The van der Waals surface area contributed by atoms with Crippen molar-refractivity contribution in [3.05, 3.63) is 63.7 Å². The number of carbonyl (C=O) groups excluding carboxylic acids is 1. The Labute approximate surface area is 147 Å². The average Bonchev–Trinajstić information content (AvgIpc) is 2.55. The topological polar surface area (TPSA) is 153 Å². The molecule has 2 N–H and O–H groups in total. The summed E-state index contributed by atoms with van der Waals surface area (Å²) < 4.78 is 36.2. The Morgan fingerprint density at radius 2 is 1.73 bits per heavy atom. The van der Waals surface area contributed by atoms with Crippen LogP contribution < -0.4 is 4.74 Å². The molecule has 0 bridgehead atoms. The van der Waals surface area contributed by atoms with Crippen LogP contribution in [0.1, 0.15) is 11.1 Å². The first-order valence-corrected chi connectivity index (χ1v) is 8.45. The van der Waals surface area contributed by atoms with Gasteiger partial charge in [-0.1, -0.05) is 24.3 Å². The lowest BCUT2D eigenvalue weighted by atomic mass is 10.1. The van der Waals surface area contributed by atoms with Gasteiger partial charge in [0.25, 0.3) is 15.2 Å². The van der Waals surface area contributed by atoms with E-state index in [4.69, 9.17) is 9.29 Å². The van der Waals surface area contributed by atoms with E-state index in [0.717, 1.165) is 12.1 Å². The molecule has 0 radical (unpaired) electrons. The highest BCUT2D eigenvalue weighted by Gasteiger charge is 2.17. The van der Waals surface area contributed by atoms with Gasteiger partial charge in [0.15, 0.2) is 0 Å². The second kappa shape index (κ2) is 7.80. The Bertz CT molecular complexity index is 923. The molecule has 2 aromatic carbocycles. The second-order valence-corrected chi connectivity index (χ2v) is 6.46. The Morgan fingerprint density at radius 1 is 1.12 bits per heavy atom. The summed E-state index contributed by atoms with van der Waals surface area (Å²) in [7, 11) is -4.67. The first kappa shape index (κ1) is 19.1. The smallest absolute Gasteiger partial charge is 0.315 e. The van der Waals surface area contributed by atoms with Crippen molar-refractivity contribution in [3.8, 4) is 11.5 Å². The third-order valence-electron chi connectivity index (χ3n) is 3.15. The monoisotopic (exact) mass is 383 g/mol. The maximum absolute atomic E-state index is 11.9. The minimum atomic E-state index is -4.67. The molecule has 0 atom stereocenters. The van der Waals surface area contributed by atoms with E-state index in [2.05, 4.69) is 4.84 Å². The number of aromatic hydroxyl groups is 1. The largest absolute Gasteiger partial charge is 0.506 e. The van der Waals surface area contributed by atoms with Crippen LogP contribution in [-0.2, 0) is 32.8 Å². The number of rotatable bonds is 7. The van der Waals surface area contributed by atoms with Crippen LogP contribution in [0.2, 0.25) is 0 Å².